The Kier molecular flexibility index (Phi) is 2.24. The van der Waals surface area contributed by atoms with Gasteiger partial charge in [-0.15, -0.1) is 11.6 Å². The molecular weight excluding hydrogens is 204 g/mol. The van der Waals surface area contributed by atoms with Crippen molar-refractivity contribution in [3.63, 3.8) is 0 Å². The van der Waals surface area contributed by atoms with E-state index < -0.39 is 11.0 Å². The third-order valence-corrected chi connectivity index (χ3v) is 3.49. The fourth-order valence-electron chi connectivity index (χ4n) is 2.08. The van der Waals surface area contributed by atoms with Gasteiger partial charge in [0.15, 0.2) is 16.9 Å². The van der Waals surface area contributed by atoms with Gasteiger partial charge >= 0.3 is 0 Å². The topological polar surface area (TPSA) is 43.4 Å². The molecule has 3 aliphatic rings. The van der Waals surface area contributed by atoms with Crippen LogP contribution >= 0.6 is 11.6 Å². The van der Waals surface area contributed by atoms with Gasteiger partial charge in [-0.3, -0.25) is 9.59 Å². The minimum absolute atomic E-state index is 0.243. The highest BCUT2D eigenvalue weighted by molar-refractivity contribution is 6.45. The zero-order valence-corrected chi connectivity index (χ0v) is 8.63. The van der Waals surface area contributed by atoms with Crippen LogP contribution in [0.2, 0.25) is 0 Å². The van der Waals surface area contributed by atoms with Gasteiger partial charge in [-0.05, 0) is 18.4 Å². The van der Waals surface area contributed by atoms with Gasteiger partial charge in [-0.1, -0.05) is 6.08 Å². The molecule has 0 radical (unpaired) electrons. The molecule has 0 aromatic rings. The second-order valence-electron chi connectivity index (χ2n) is 3.72. The summed E-state index contributed by atoms with van der Waals surface area (Å²) in [5.74, 6) is -0.525. The molecule has 4 heteroatoms. The van der Waals surface area contributed by atoms with E-state index in [0.717, 1.165) is 0 Å². The molecule has 14 heavy (non-hydrogen) atoms. The largest absolute Gasteiger partial charge is 0.370 e. The van der Waals surface area contributed by atoms with Gasteiger partial charge in [0.25, 0.3) is 0 Å². The molecule has 2 atom stereocenters. The van der Waals surface area contributed by atoms with Crippen molar-refractivity contribution in [2.45, 2.75) is 30.2 Å². The third-order valence-electron chi connectivity index (χ3n) is 3.09. The zero-order valence-electron chi connectivity index (χ0n) is 7.88. The SMILES string of the molecule is CO[C@@]12CC=C(CC1)C(=O)C(Cl)C2=O. The van der Waals surface area contributed by atoms with Crippen LogP contribution in [0.1, 0.15) is 19.3 Å². The summed E-state index contributed by atoms with van der Waals surface area (Å²) in [5, 5.41) is -1.05. The Morgan fingerprint density at radius 1 is 1.57 bits per heavy atom. The lowest BCUT2D eigenvalue weighted by atomic mass is 9.85. The second-order valence-corrected chi connectivity index (χ2v) is 4.16. The summed E-state index contributed by atoms with van der Waals surface area (Å²) in [4.78, 5) is 23.5. The maximum Gasteiger partial charge on any atom is 0.190 e. The minimum Gasteiger partial charge on any atom is -0.370 e. The predicted molar refractivity (Wildman–Crippen MR) is 51.3 cm³/mol. The number of halogens is 1. The number of Topliss-reactive ketones (excluding diaryl/α,β-unsaturated/α-hetero) is 2. The molecule has 3 aliphatic carbocycles. The van der Waals surface area contributed by atoms with E-state index in [1.54, 1.807) is 6.08 Å². The molecule has 0 heterocycles. The van der Waals surface area contributed by atoms with E-state index in [9.17, 15) is 9.59 Å². The Balaban J connectivity index is 2.47. The molecule has 1 saturated carbocycles. The molecule has 3 rings (SSSR count). The predicted octanol–water partition coefficient (Wildman–Crippen LogP) is 1.24. The zero-order chi connectivity index (χ0) is 10.3. The summed E-state index contributed by atoms with van der Waals surface area (Å²) < 4.78 is 5.25. The first-order valence-electron chi connectivity index (χ1n) is 4.57. The van der Waals surface area contributed by atoms with Crippen LogP contribution < -0.4 is 0 Å². The lowest BCUT2D eigenvalue weighted by Crippen LogP contribution is -2.44. The summed E-state index contributed by atoms with van der Waals surface area (Å²) in [6.07, 6.45) is 3.44. The number of fused-ring (bicyclic) bond motifs is 4. The molecule has 76 valence electrons. The number of ketones is 2. The molecule has 0 N–H and O–H groups in total. The van der Waals surface area contributed by atoms with E-state index in [4.69, 9.17) is 16.3 Å². The summed E-state index contributed by atoms with van der Waals surface area (Å²) in [7, 11) is 1.50. The first kappa shape index (κ1) is 9.87. The van der Waals surface area contributed by atoms with Gasteiger partial charge < -0.3 is 4.74 Å². The maximum absolute atomic E-state index is 11.9. The molecule has 0 aromatic carbocycles. The number of hydrogen-bond donors (Lipinski definition) is 0. The van der Waals surface area contributed by atoms with Crippen molar-refractivity contribution in [1.29, 1.82) is 0 Å². The third kappa shape index (κ3) is 1.16. The Morgan fingerprint density at radius 3 is 2.79 bits per heavy atom. The van der Waals surface area contributed by atoms with E-state index in [-0.39, 0.29) is 11.6 Å². The number of methoxy groups -OCH3 is 1. The first-order chi connectivity index (χ1) is 6.60. The van der Waals surface area contributed by atoms with Crippen molar-refractivity contribution in [3.05, 3.63) is 11.6 Å². The number of rotatable bonds is 1. The van der Waals surface area contributed by atoms with Crippen LogP contribution in [0.15, 0.2) is 11.6 Å². The van der Waals surface area contributed by atoms with Crippen LogP contribution in [0.3, 0.4) is 0 Å². The smallest absolute Gasteiger partial charge is 0.190 e. The van der Waals surface area contributed by atoms with Crippen LogP contribution in [0, 0.1) is 0 Å². The van der Waals surface area contributed by atoms with Crippen molar-refractivity contribution >= 4 is 23.2 Å². The second kappa shape index (κ2) is 3.17. The average Bonchev–Trinajstić information content (AvgIpc) is 2.38. The van der Waals surface area contributed by atoms with E-state index in [1.807, 2.05) is 0 Å². The highest BCUT2D eigenvalue weighted by atomic mass is 35.5. The molecular formula is C10H11ClO3. The molecule has 0 aliphatic heterocycles. The van der Waals surface area contributed by atoms with Crippen molar-refractivity contribution in [3.8, 4) is 0 Å². The maximum atomic E-state index is 11.9. The minimum atomic E-state index is -1.05. The monoisotopic (exact) mass is 214 g/mol. The van der Waals surface area contributed by atoms with Crippen molar-refractivity contribution < 1.29 is 14.3 Å². The van der Waals surface area contributed by atoms with Gasteiger partial charge in [0, 0.05) is 13.5 Å². The quantitative estimate of drug-likeness (QED) is 0.487. The number of ether oxygens (including phenoxy) is 1. The summed E-state index contributed by atoms with van der Waals surface area (Å²) >= 11 is 5.80. The fraction of sp³-hybridized carbons (Fsp3) is 0.600. The normalized spacial score (nSPS) is 37.0. The Hall–Kier alpha value is -0.670. The Labute approximate surface area is 87.1 Å². The van der Waals surface area contributed by atoms with E-state index in [1.165, 1.54) is 7.11 Å². The summed E-state index contributed by atoms with van der Waals surface area (Å²) in [6.45, 7) is 0. The molecule has 0 aromatic heterocycles. The lowest BCUT2D eigenvalue weighted by Gasteiger charge is -2.30. The molecule has 1 unspecified atom stereocenters. The Morgan fingerprint density at radius 2 is 2.29 bits per heavy atom. The van der Waals surface area contributed by atoms with E-state index >= 15 is 0 Å². The van der Waals surface area contributed by atoms with Crippen LogP contribution in [-0.4, -0.2) is 29.7 Å². The molecule has 2 bridgehead atoms. The summed E-state index contributed by atoms with van der Waals surface area (Å²) in [6, 6.07) is 0. The van der Waals surface area contributed by atoms with Gasteiger partial charge in [0.1, 0.15) is 5.60 Å². The van der Waals surface area contributed by atoms with Crippen LogP contribution in [0.5, 0.6) is 0 Å². The van der Waals surface area contributed by atoms with Gasteiger partial charge in [0.05, 0.1) is 0 Å². The molecule has 0 amide bonds. The first-order valence-corrected chi connectivity index (χ1v) is 5.01. The van der Waals surface area contributed by atoms with E-state index in [2.05, 4.69) is 0 Å². The van der Waals surface area contributed by atoms with Gasteiger partial charge in [0.2, 0.25) is 0 Å². The molecule has 0 spiro atoms. The van der Waals surface area contributed by atoms with Crippen molar-refractivity contribution in [2.24, 2.45) is 0 Å². The number of hydrogen-bond acceptors (Lipinski definition) is 3. The standard InChI is InChI=1S/C10H11ClO3/c1-14-10-4-2-6(3-5-10)8(12)7(11)9(10)13/h2,7H,3-5H2,1H3/t7?,10-/m0/s1. The van der Waals surface area contributed by atoms with Crippen LogP contribution in [0.25, 0.3) is 0 Å². The number of alkyl halides is 1. The average molecular weight is 215 g/mol. The molecule has 0 saturated heterocycles. The van der Waals surface area contributed by atoms with Crippen molar-refractivity contribution in [2.75, 3.05) is 7.11 Å². The number of carbonyl (C=O) groups is 2. The summed E-state index contributed by atoms with van der Waals surface area (Å²) in [5.41, 5.74) is -0.161. The Bertz CT molecular complexity index is 334. The van der Waals surface area contributed by atoms with Crippen LogP contribution in [-0.2, 0) is 14.3 Å². The van der Waals surface area contributed by atoms with E-state index in [0.29, 0.717) is 24.8 Å². The van der Waals surface area contributed by atoms with Gasteiger partial charge in [-0.2, -0.15) is 0 Å². The molecule has 1 fully saturated rings. The fourth-order valence-corrected chi connectivity index (χ4v) is 2.41. The number of allylic oxidation sites excluding steroid dienone is 1. The van der Waals surface area contributed by atoms with Crippen molar-refractivity contribution in [1.82, 2.24) is 0 Å². The van der Waals surface area contributed by atoms with Crippen LogP contribution in [0.4, 0.5) is 0 Å². The lowest BCUT2D eigenvalue weighted by molar-refractivity contribution is -0.141. The highest BCUT2D eigenvalue weighted by Crippen LogP contribution is 2.38. The van der Waals surface area contributed by atoms with Gasteiger partial charge in [-0.25, -0.2) is 0 Å². The molecule has 3 nitrogen and oxygen atoms in total. The highest BCUT2D eigenvalue weighted by Gasteiger charge is 2.49. The number of carbonyl (C=O) groups excluding carboxylic acids is 2.